The zero-order chi connectivity index (χ0) is 14.1. The molecule has 0 aliphatic heterocycles. The summed E-state index contributed by atoms with van der Waals surface area (Å²) in [7, 11) is 0. The van der Waals surface area contributed by atoms with E-state index < -0.39 is 0 Å². The minimum absolute atomic E-state index is 0.0497. The van der Waals surface area contributed by atoms with Crippen LogP contribution in [0.2, 0.25) is 0 Å². The van der Waals surface area contributed by atoms with Gasteiger partial charge in [0.25, 0.3) is 0 Å². The van der Waals surface area contributed by atoms with Gasteiger partial charge in [0.2, 0.25) is 17.0 Å². The number of carbonyl (C=O) groups is 1. The zero-order valence-corrected chi connectivity index (χ0v) is 12.4. The fraction of sp³-hybridized carbons (Fsp3) is 0.769. The molecule has 3 rings (SSSR count). The summed E-state index contributed by atoms with van der Waals surface area (Å²) >= 11 is 1.30. The normalized spacial score (nSPS) is 29.6. The van der Waals surface area contributed by atoms with E-state index in [0.717, 1.165) is 11.8 Å². The van der Waals surface area contributed by atoms with Gasteiger partial charge in [-0.25, -0.2) is 5.10 Å². The van der Waals surface area contributed by atoms with Crippen molar-refractivity contribution in [1.82, 2.24) is 20.5 Å². The van der Waals surface area contributed by atoms with Crippen LogP contribution in [0.3, 0.4) is 0 Å². The van der Waals surface area contributed by atoms with Crippen molar-refractivity contribution in [3.8, 4) is 0 Å². The molecule has 2 aliphatic rings. The molecule has 0 aromatic carbocycles. The van der Waals surface area contributed by atoms with E-state index in [0.29, 0.717) is 16.8 Å². The average molecular weight is 295 g/mol. The first-order valence-electron chi connectivity index (χ1n) is 7.22. The zero-order valence-electron chi connectivity index (χ0n) is 11.6. The number of nitrogens with one attached hydrogen (secondary N) is 2. The first-order valence-corrected chi connectivity index (χ1v) is 8.20. The van der Waals surface area contributed by atoms with Crippen molar-refractivity contribution in [2.24, 2.45) is 17.8 Å². The van der Waals surface area contributed by atoms with E-state index in [1.807, 2.05) is 0 Å². The molecule has 2 saturated carbocycles. The highest BCUT2D eigenvalue weighted by Crippen LogP contribution is 2.49. The summed E-state index contributed by atoms with van der Waals surface area (Å²) in [5, 5.41) is 10.1. The quantitative estimate of drug-likeness (QED) is 0.714. The third-order valence-corrected chi connectivity index (χ3v) is 5.49. The molecule has 0 radical (unpaired) electrons. The van der Waals surface area contributed by atoms with Gasteiger partial charge in [0.1, 0.15) is 0 Å². The summed E-state index contributed by atoms with van der Waals surface area (Å²) in [5.74, 6) is 3.08. The standard InChI is InChI=1S/C13H21N5OS/c1-7(10-5-8-2-3-9(10)4-8)15-11(19)6-20-13-16-12(14)17-18-13/h7-10H,2-6H2,1H3,(H,15,19)(H3,14,16,17,18)/t7-,8+,9+,10-/m1/s1. The van der Waals surface area contributed by atoms with Crippen LogP contribution >= 0.6 is 11.8 Å². The molecule has 2 aliphatic carbocycles. The number of amides is 1. The molecule has 6 nitrogen and oxygen atoms in total. The number of hydrogen-bond acceptors (Lipinski definition) is 5. The lowest BCUT2D eigenvalue weighted by molar-refractivity contribution is -0.119. The van der Waals surface area contributed by atoms with Crippen LogP contribution in [-0.2, 0) is 4.79 Å². The number of aromatic nitrogens is 3. The predicted octanol–water partition coefficient (Wildman–Crippen LogP) is 1.42. The third kappa shape index (κ3) is 2.92. The van der Waals surface area contributed by atoms with E-state index in [2.05, 4.69) is 27.4 Å². The molecule has 1 aromatic heterocycles. The van der Waals surface area contributed by atoms with Crippen LogP contribution in [0.1, 0.15) is 32.6 Å². The van der Waals surface area contributed by atoms with Crippen LogP contribution in [0.15, 0.2) is 5.16 Å². The Labute approximate surface area is 122 Å². The molecule has 2 bridgehead atoms. The van der Waals surface area contributed by atoms with E-state index in [9.17, 15) is 4.79 Å². The number of rotatable bonds is 5. The van der Waals surface area contributed by atoms with E-state index in [1.165, 1.54) is 37.4 Å². The average Bonchev–Trinajstić information content (AvgIpc) is 3.12. The number of hydrogen-bond donors (Lipinski definition) is 3. The van der Waals surface area contributed by atoms with Gasteiger partial charge in [0, 0.05) is 6.04 Å². The highest BCUT2D eigenvalue weighted by Gasteiger charge is 2.42. The third-order valence-electron chi connectivity index (χ3n) is 4.64. The van der Waals surface area contributed by atoms with Gasteiger partial charge in [-0.2, -0.15) is 4.98 Å². The molecule has 1 heterocycles. The number of aromatic amines is 1. The molecule has 4 N–H and O–H groups in total. The predicted molar refractivity (Wildman–Crippen MR) is 78.1 cm³/mol. The van der Waals surface area contributed by atoms with Crippen molar-refractivity contribution in [1.29, 1.82) is 0 Å². The Kier molecular flexibility index (Phi) is 3.87. The molecule has 0 spiro atoms. The monoisotopic (exact) mass is 295 g/mol. The van der Waals surface area contributed by atoms with Crippen molar-refractivity contribution >= 4 is 23.6 Å². The van der Waals surface area contributed by atoms with E-state index >= 15 is 0 Å². The van der Waals surface area contributed by atoms with Gasteiger partial charge in [-0.3, -0.25) is 4.79 Å². The molecule has 4 atom stereocenters. The number of nitrogens with zero attached hydrogens (tertiary/aromatic N) is 2. The van der Waals surface area contributed by atoms with Crippen molar-refractivity contribution in [3.05, 3.63) is 0 Å². The largest absolute Gasteiger partial charge is 0.368 e. The summed E-state index contributed by atoms with van der Waals surface area (Å²) in [6, 6.07) is 0.274. The van der Waals surface area contributed by atoms with Gasteiger partial charge < -0.3 is 11.1 Å². The molecule has 20 heavy (non-hydrogen) atoms. The molecule has 1 amide bonds. The SMILES string of the molecule is C[C@@H](NC(=O)CSc1n[nH]c(N)n1)[C@H]1C[C@H]2CC[C@H]1C2. The summed E-state index contributed by atoms with van der Waals surface area (Å²) in [6.45, 7) is 2.14. The molecule has 0 saturated heterocycles. The summed E-state index contributed by atoms with van der Waals surface area (Å²) in [5.41, 5.74) is 5.44. The van der Waals surface area contributed by atoms with E-state index in [-0.39, 0.29) is 17.9 Å². The number of fused-ring (bicyclic) bond motifs is 2. The number of nitrogens with two attached hydrogens (primary N) is 1. The second-order valence-electron chi connectivity index (χ2n) is 5.99. The maximum Gasteiger partial charge on any atom is 0.230 e. The van der Waals surface area contributed by atoms with Crippen molar-refractivity contribution < 1.29 is 4.79 Å². The Bertz CT molecular complexity index is 491. The fourth-order valence-electron chi connectivity index (χ4n) is 3.76. The van der Waals surface area contributed by atoms with Gasteiger partial charge in [-0.05, 0) is 43.9 Å². The topological polar surface area (TPSA) is 96.7 Å². The number of thioether (sulfide) groups is 1. The first kappa shape index (κ1) is 13.7. The lowest BCUT2D eigenvalue weighted by atomic mass is 9.84. The van der Waals surface area contributed by atoms with Crippen molar-refractivity contribution in [2.45, 2.75) is 43.8 Å². The Morgan fingerprint density at radius 3 is 3.00 bits per heavy atom. The Morgan fingerprint density at radius 2 is 2.40 bits per heavy atom. The number of anilines is 1. The van der Waals surface area contributed by atoms with Crippen LogP contribution in [0.5, 0.6) is 0 Å². The van der Waals surface area contributed by atoms with Crippen LogP contribution in [-0.4, -0.2) is 32.9 Å². The van der Waals surface area contributed by atoms with Gasteiger partial charge >= 0.3 is 0 Å². The number of nitrogen functional groups attached to an aromatic ring is 1. The fourth-order valence-corrected chi connectivity index (χ4v) is 4.38. The van der Waals surface area contributed by atoms with Crippen LogP contribution in [0.4, 0.5) is 5.95 Å². The van der Waals surface area contributed by atoms with Gasteiger partial charge in [0.15, 0.2) is 0 Å². The lowest BCUT2D eigenvalue weighted by Crippen LogP contribution is -2.40. The Balaban J connectivity index is 1.44. The maximum atomic E-state index is 12.0. The van der Waals surface area contributed by atoms with Crippen molar-refractivity contribution in [2.75, 3.05) is 11.5 Å². The molecule has 7 heteroatoms. The number of carbonyl (C=O) groups excluding carboxylic acids is 1. The Hall–Kier alpha value is -1.24. The summed E-state index contributed by atoms with van der Waals surface area (Å²) in [6.07, 6.45) is 5.40. The van der Waals surface area contributed by atoms with Crippen molar-refractivity contribution in [3.63, 3.8) is 0 Å². The van der Waals surface area contributed by atoms with Crippen LogP contribution in [0, 0.1) is 17.8 Å². The summed E-state index contributed by atoms with van der Waals surface area (Å²) < 4.78 is 0. The van der Waals surface area contributed by atoms with Crippen LogP contribution < -0.4 is 11.1 Å². The molecule has 0 unspecified atom stereocenters. The minimum atomic E-state index is 0.0497. The molecule has 1 aromatic rings. The first-order chi connectivity index (χ1) is 9.61. The second kappa shape index (κ2) is 5.63. The minimum Gasteiger partial charge on any atom is -0.368 e. The Morgan fingerprint density at radius 1 is 1.55 bits per heavy atom. The second-order valence-corrected chi connectivity index (χ2v) is 6.93. The lowest BCUT2D eigenvalue weighted by Gasteiger charge is -2.28. The highest BCUT2D eigenvalue weighted by atomic mass is 32.2. The molecule has 110 valence electrons. The molecular weight excluding hydrogens is 274 g/mol. The molecular formula is C13H21N5OS. The summed E-state index contributed by atoms with van der Waals surface area (Å²) in [4.78, 5) is 15.9. The molecule has 2 fully saturated rings. The van der Waals surface area contributed by atoms with E-state index in [1.54, 1.807) is 0 Å². The van der Waals surface area contributed by atoms with Gasteiger partial charge in [-0.15, -0.1) is 5.10 Å². The van der Waals surface area contributed by atoms with Gasteiger partial charge in [-0.1, -0.05) is 18.2 Å². The number of H-pyrrole nitrogens is 1. The van der Waals surface area contributed by atoms with Crippen LogP contribution in [0.25, 0.3) is 0 Å². The van der Waals surface area contributed by atoms with E-state index in [4.69, 9.17) is 5.73 Å². The highest BCUT2D eigenvalue weighted by molar-refractivity contribution is 7.99. The maximum absolute atomic E-state index is 12.0. The van der Waals surface area contributed by atoms with Gasteiger partial charge in [0.05, 0.1) is 5.75 Å². The smallest absolute Gasteiger partial charge is 0.230 e.